The minimum atomic E-state index is -4.54. The van der Waals surface area contributed by atoms with E-state index in [2.05, 4.69) is 9.97 Å². The summed E-state index contributed by atoms with van der Waals surface area (Å²) in [6, 6.07) is 7.17. The zero-order valence-corrected chi connectivity index (χ0v) is 17.0. The van der Waals surface area contributed by atoms with Gasteiger partial charge in [-0.25, -0.2) is 31.6 Å². The van der Waals surface area contributed by atoms with Crippen LogP contribution in [0.15, 0.2) is 53.9 Å². The summed E-state index contributed by atoms with van der Waals surface area (Å²) in [5.41, 5.74) is -0.448. The van der Waals surface area contributed by atoms with Gasteiger partial charge in [-0.2, -0.15) is 5.26 Å². The number of benzene rings is 1. The van der Waals surface area contributed by atoms with E-state index in [0.717, 1.165) is 25.4 Å². The molecule has 4 rings (SSSR count). The number of nitrogens with zero attached hydrogens (tertiary/aromatic N) is 4. The van der Waals surface area contributed by atoms with E-state index in [9.17, 15) is 17.2 Å². The summed E-state index contributed by atoms with van der Waals surface area (Å²) in [5, 5.41) is 9.04. The first-order valence-electron chi connectivity index (χ1n) is 8.82. The third kappa shape index (κ3) is 3.58. The van der Waals surface area contributed by atoms with E-state index in [1.54, 1.807) is 0 Å². The molecule has 8 nitrogen and oxygen atoms in total. The number of imidazole rings is 1. The van der Waals surface area contributed by atoms with Gasteiger partial charge in [-0.3, -0.25) is 4.72 Å². The molecule has 3 heterocycles. The highest BCUT2D eigenvalue weighted by Crippen LogP contribution is 2.33. The average Bonchev–Trinajstić information content (AvgIpc) is 3.18. The first-order chi connectivity index (χ1) is 15.2. The standard InChI is InChI=1S/C20H12F3N5O3S/c1-31-20-17(6-12(21)8-25-20)32(29,30)27-14-4-3-13(22)18(19(14)23)11-2-5-16-15(7-24)26-10-28(16)9-11/h2-6,8-10,27H,1H3. The number of hydrogen-bond donors (Lipinski definition) is 1. The molecule has 1 aromatic carbocycles. The minimum absolute atomic E-state index is 0.0699. The second-order valence-electron chi connectivity index (χ2n) is 6.47. The summed E-state index contributed by atoms with van der Waals surface area (Å²) in [6.07, 6.45) is 3.42. The number of ether oxygens (including phenoxy) is 1. The lowest BCUT2D eigenvalue weighted by Crippen LogP contribution is -2.16. The van der Waals surface area contributed by atoms with Gasteiger partial charge in [0, 0.05) is 17.8 Å². The second-order valence-corrected chi connectivity index (χ2v) is 8.12. The Balaban J connectivity index is 1.80. The molecule has 0 spiro atoms. The van der Waals surface area contributed by atoms with E-state index in [1.165, 1.54) is 29.1 Å². The molecule has 0 aliphatic carbocycles. The van der Waals surface area contributed by atoms with Crippen molar-refractivity contribution in [2.75, 3.05) is 11.8 Å². The SMILES string of the molecule is COc1ncc(F)cc1S(=O)(=O)Nc1ccc(F)c(-c2ccc3c(C#N)ncn3c2)c1F. The van der Waals surface area contributed by atoms with Gasteiger partial charge in [0.1, 0.15) is 24.0 Å². The zero-order valence-electron chi connectivity index (χ0n) is 16.2. The number of methoxy groups -OCH3 is 1. The molecule has 4 aromatic rings. The number of nitriles is 1. The highest BCUT2D eigenvalue weighted by atomic mass is 32.2. The fraction of sp³-hybridized carbons (Fsp3) is 0.0500. The molecule has 0 saturated carbocycles. The molecule has 0 atom stereocenters. The molecule has 0 unspecified atom stereocenters. The first-order valence-corrected chi connectivity index (χ1v) is 10.3. The van der Waals surface area contributed by atoms with E-state index < -0.39 is 49.5 Å². The summed E-state index contributed by atoms with van der Waals surface area (Å²) in [7, 11) is -3.40. The average molecular weight is 459 g/mol. The molecule has 3 aromatic heterocycles. The second kappa shape index (κ2) is 7.86. The maximum atomic E-state index is 15.2. The van der Waals surface area contributed by atoms with Crippen molar-refractivity contribution in [2.45, 2.75) is 4.90 Å². The third-order valence-corrected chi connectivity index (χ3v) is 5.89. The lowest BCUT2D eigenvalue weighted by Gasteiger charge is -2.14. The Bertz CT molecular complexity index is 1510. The van der Waals surface area contributed by atoms with E-state index in [4.69, 9.17) is 10.00 Å². The van der Waals surface area contributed by atoms with Gasteiger partial charge in [0.05, 0.1) is 30.1 Å². The smallest absolute Gasteiger partial charge is 0.267 e. The van der Waals surface area contributed by atoms with Crippen LogP contribution < -0.4 is 9.46 Å². The number of anilines is 1. The van der Waals surface area contributed by atoms with Crippen LogP contribution in [0.5, 0.6) is 5.88 Å². The summed E-state index contributed by atoms with van der Waals surface area (Å²) >= 11 is 0. The summed E-state index contributed by atoms with van der Waals surface area (Å²) in [4.78, 5) is 6.78. The van der Waals surface area contributed by atoms with Gasteiger partial charge in [0.25, 0.3) is 10.0 Å². The number of fused-ring (bicyclic) bond motifs is 1. The Morgan fingerprint density at radius 1 is 1.16 bits per heavy atom. The number of sulfonamides is 1. The van der Waals surface area contributed by atoms with Gasteiger partial charge in [-0.15, -0.1) is 0 Å². The van der Waals surface area contributed by atoms with Crippen molar-refractivity contribution in [3.63, 3.8) is 0 Å². The van der Waals surface area contributed by atoms with Gasteiger partial charge in [-0.05, 0) is 18.2 Å². The Labute approximate surface area is 179 Å². The van der Waals surface area contributed by atoms with Crippen molar-refractivity contribution in [3.8, 4) is 23.1 Å². The number of rotatable bonds is 5. The fourth-order valence-corrected chi connectivity index (χ4v) is 4.27. The van der Waals surface area contributed by atoms with E-state index in [0.29, 0.717) is 11.6 Å². The molecule has 1 N–H and O–H groups in total. The van der Waals surface area contributed by atoms with Gasteiger partial charge in [0.2, 0.25) is 5.88 Å². The van der Waals surface area contributed by atoms with Crippen LogP contribution in [0.25, 0.3) is 16.6 Å². The first kappa shape index (κ1) is 21.1. The molecule has 0 saturated heterocycles. The molecule has 162 valence electrons. The van der Waals surface area contributed by atoms with Crippen LogP contribution in [0, 0.1) is 28.8 Å². The quantitative estimate of drug-likeness (QED) is 0.489. The predicted molar refractivity (Wildman–Crippen MR) is 107 cm³/mol. The van der Waals surface area contributed by atoms with Crippen molar-refractivity contribution in [1.82, 2.24) is 14.4 Å². The number of nitrogens with one attached hydrogen (secondary N) is 1. The van der Waals surface area contributed by atoms with E-state index in [1.807, 2.05) is 10.8 Å². The van der Waals surface area contributed by atoms with Crippen LogP contribution in [0.4, 0.5) is 18.9 Å². The van der Waals surface area contributed by atoms with Crippen molar-refractivity contribution in [1.29, 1.82) is 5.26 Å². The summed E-state index contributed by atoms with van der Waals surface area (Å²) < 4.78 is 77.0. The van der Waals surface area contributed by atoms with Crippen molar-refractivity contribution in [3.05, 3.63) is 72.2 Å². The fourth-order valence-electron chi connectivity index (χ4n) is 3.08. The molecule has 0 aliphatic heterocycles. The van der Waals surface area contributed by atoms with Crippen LogP contribution in [-0.2, 0) is 10.0 Å². The van der Waals surface area contributed by atoms with Crippen LogP contribution in [0.3, 0.4) is 0 Å². The van der Waals surface area contributed by atoms with E-state index in [-0.39, 0.29) is 11.3 Å². The molecule has 0 aliphatic rings. The van der Waals surface area contributed by atoms with E-state index >= 15 is 4.39 Å². The number of hydrogen-bond acceptors (Lipinski definition) is 6. The van der Waals surface area contributed by atoms with Gasteiger partial charge >= 0.3 is 0 Å². The Morgan fingerprint density at radius 2 is 1.94 bits per heavy atom. The highest BCUT2D eigenvalue weighted by Gasteiger charge is 2.25. The van der Waals surface area contributed by atoms with Crippen LogP contribution in [-0.4, -0.2) is 29.9 Å². The molecule has 12 heteroatoms. The lowest BCUT2D eigenvalue weighted by atomic mass is 10.1. The normalized spacial score (nSPS) is 11.3. The zero-order chi connectivity index (χ0) is 23.0. The maximum absolute atomic E-state index is 15.2. The third-order valence-electron chi connectivity index (χ3n) is 4.53. The summed E-state index contributed by atoms with van der Waals surface area (Å²) in [6.45, 7) is 0. The minimum Gasteiger partial charge on any atom is -0.480 e. The topological polar surface area (TPSA) is 109 Å². The molecule has 0 bridgehead atoms. The molecule has 0 fully saturated rings. The highest BCUT2D eigenvalue weighted by molar-refractivity contribution is 7.92. The lowest BCUT2D eigenvalue weighted by molar-refractivity contribution is 0.382. The molecule has 32 heavy (non-hydrogen) atoms. The maximum Gasteiger partial charge on any atom is 0.267 e. The molecular formula is C20H12F3N5O3S. The van der Waals surface area contributed by atoms with Gasteiger partial charge in [-0.1, -0.05) is 6.07 Å². The Morgan fingerprint density at radius 3 is 2.66 bits per heavy atom. The largest absolute Gasteiger partial charge is 0.480 e. The Kier molecular flexibility index (Phi) is 5.19. The van der Waals surface area contributed by atoms with Gasteiger partial charge < -0.3 is 9.14 Å². The van der Waals surface area contributed by atoms with Gasteiger partial charge in [0.15, 0.2) is 16.4 Å². The number of halogens is 3. The molecule has 0 amide bonds. The number of pyridine rings is 2. The molecule has 0 radical (unpaired) electrons. The van der Waals surface area contributed by atoms with Crippen LogP contribution >= 0.6 is 0 Å². The summed E-state index contributed by atoms with van der Waals surface area (Å²) in [5.74, 6) is -3.50. The monoisotopic (exact) mass is 459 g/mol. The van der Waals surface area contributed by atoms with Crippen molar-refractivity contribution < 1.29 is 26.3 Å². The van der Waals surface area contributed by atoms with Crippen molar-refractivity contribution in [2.24, 2.45) is 0 Å². The van der Waals surface area contributed by atoms with Crippen LogP contribution in [0.1, 0.15) is 5.69 Å². The van der Waals surface area contributed by atoms with Crippen molar-refractivity contribution >= 4 is 21.2 Å². The Hall–Kier alpha value is -4.11. The molecular weight excluding hydrogens is 447 g/mol. The van der Waals surface area contributed by atoms with Crippen LogP contribution in [0.2, 0.25) is 0 Å². The predicted octanol–water partition coefficient (Wildman–Crippen LogP) is 3.49. The number of aromatic nitrogens is 3.